The van der Waals surface area contributed by atoms with Crippen LogP contribution in [0.3, 0.4) is 0 Å². The number of rotatable bonds is 4. The van der Waals surface area contributed by atoms with E-state index in [1.54, 1.807) is 38.5 Å². The molecule has 2 atom stereocenters. The minimum Gasteiger partial charge on any atom is -0.493 e. The van der Waals surface area contributed by atoms with E-state index in [9.17, 15) is 4.79 Å². The van der Waals surface area contributed by atoms with Crippen molar-refractivity contribution in [3.63, 3.8) is 0 Å². The molecule has 0 bridgehead atoms. The van der Waals surface area contributed by atoms with Crippen LogP contribution in [0.1, 0.15) is 31.2 Å². The summed E-state index contributed by atoms with van der Waals surface area (Å²) in [5, 5.41) is 0.452. The summed E-state index contributed by atoms with van der Waals surface area (Å²) in [6.07, 6.45) is 7.97. The van der Waals surface area contributed by atoms with Crippen LogP contribution in [-0.2, 0) is 9.53 Å². The highest BCUT2D eigenvalue weighted by Gasteiger charge is 2.35. The van der Waals surface area contributed by atoms with Crippen LogP contribution in [0.15, 0.2) is 18.2 Å². The molecule has 1 saturated carbocycles. The molecule has 6 heteroatoms. The molecule has 0 spiro atoms. The molecule has 2 unspecified atom stereocenters. The third-order valence-corrected chi connectivity index (χ3v) is 5.17. The normalized spacial score (nSPS) is 23.4. The minimum absolute atomic E-state index is 0.0195. The van der Waals surface area contributed by atoms with Crippen molar-refractivity contribution in [2.45, 2.75) is 37.8 Å². The second-order valence-electron chi connectivity index (χ2n) is 6.36. The number of ether oxygens (including phenoxy) is 3. The van der Waals surface area contributed by atoms with E-state index in [0.717, 1.165) is 24.8 Å². The lowest BCUT2D eigenvalue weighted by atomic mass is 9.90. The zero-order valence-electron chi connectivity index (χ0n) is 14.7. The van der Waals surface area contributed by atoms with Crippen LogP contribution in [0.25, 0.3) is 6.08 Å². The van der Waals surface area contributed by atoms with Gasteiger partial charge < -0.3 is 19.1 Å². The Morgan fingerprint density at radius 2 is 2.08 bits per heavy atom. The number of methoxy groups -OCH3 is 2. The zero-order chi connectivity index (χ0) is 17.8. The molecule has 1 heterocycles. The highest BCUT2D eigenvalue weighted by Crippen LogP contribution is 2.36. The smallest absolute Gasteiger partial charge is 0.246 e. The van der Waals surface area contributed by atoms with Gasteiger partial charge in [-0.05, 0) is 36.6 Å². The van der Waals surface area contributed by atoms with Gasteiger partial charge in [-0.1, -0.05) is 24.4 Å². The maximum absolute atomic E-state index is 12.7. The average molecular weight is 366 g/mol. The second-order valence-corrected chi connectivity index (χ2v) is 6.77. The van der Waals surface area contributed by atoms with Crippen LogP contribution in [0.4, 0.5) is 0 Å². The molecule has 1 saturated heterocycles. The molecule has 25 heavy (non-hydrogen) atoms. The molecule has 3 rings (SSSR count). The van der Waals surface area contributed by atoms with Crippen LogP contribution in [0.5, 0.6) is 11.5 Å². The number of amides is 1. The average Bonchev–Trinajstić information content (AvgIpc) is 2.65. The zero-order valence-corrected chi connectivity index (χ0v) is 15.4. The number of fused-ring (bicyclic) bond motifs is 1. The van der Waals surface area contributed by atoms with Crippen molar-refractivity contribution >= 4 is 23.6 Å². The topological polar surface area (TPSA) is 48.0 Å². The van der Waals surface area contributed by atoms with E-state index in [2.05, 4.69) is 0 Å². The Labute approximate surface area is 153 Å². The van der Waals surface area contributed by atoms with Crippen molar-refractivity contribution in [3.05, 3.63) is 28.8 Å². The number of carbonyl (C=O) groups is 1. The van der Waals surface area contributed by atoms with Gasteiger partial charge in [0.15, 0.2) is 11.5 Å². The van der Waals surface area contributed by atoms with Crippen molar-refractivity contribution in [1.29, 1.82) is 0 Å². The second kappa shape index (κ2) is 8.11. The number of benzene rings is 1. The summed E-state index contributed by atoms with van der Waals surface area (Å²) < 4.78 is 16.4. The van der Waals surface area contributed by atoms with Crippen LogP contribution < -0.4 is 9.47 Å². The van der Waals surface area contributed by atoms with E-state index in [1.165, 1.54) is 6.42 Å². The van der Waals surface area contributed by atoms with Crippen LogP contribution in [0.2, 0.25) is 5.02 Å². The quantitative estimate of drug-likeness (QED) is 0.766. The molecule has 1 amide bonds. The van der Waals surface area contributed by atoms with Crippen LogP contribution in [0, 0.1) is 0 Å². The first kappa shape index (κ1) is 18.1. The summed E-state index contributed by atoms with van der Waals surface area (Å²) in [7, 11) is 3.10. The molecule has 5 nitrogen and oxygen atoms in total. The van der Waals surface area contributed by atoms with Crippen molar-refractivity contribution in [3.8, 4) is 11.5 Å². The van der Waals surface area contributed by atoms with Gasteiger partial charge in [-0.25, -0.2) is 0 Å². The third-order valence-electron chi connectivity index (χ3n) is 4.89. The predicted octanol–water partition coefficient (Wildman–Crippen LogP) is 3.54. The van der Waals surface area contributed by atoms with Gasteiger partial charge in [0, 0.05) is 12.6 Å². The van der Waals surface area contributed by atoms with Crippen molar-refractivity contribution in [2.75, 3.05) is 27.4 Å². The molecule has 2 fully saturated rings. The van der Waals surface area contributed by atoms with E-state index >= 15 is 0 Å². The lowest BCUT2D eigenvalue weighted by Crippen LogP contribution is -2.54. The predicted molar refractivity (Wildman–Crippen MR) is 97.3 cm³/mol. The number of hydrogen-bond acceptors (Lipinski definition) is 4. The number of morpholine rings is 1. The Hall–Kier alpha value is -1.72. The fourth-order valence-corrected chi connectivity index (χ4v) is 3.96. The standard InChI is InChI=1S/C19H24ClNO4/c1-23-17-12-13(11-14(20)19(17)24-2)7-8-18(22)21-9-10-25-16-6-4-3-5-15(16)21/h7-8,11-12,15-16H,3-6,9-10H2,1-2H3. The van der Waals surface area contributed by atoms with E-state index in [0.29, 0.717) is 29.7 Å². The highest BCUT2D eigenvalue weighted by molar-refractivity contribution is 6.32. The number of hydrogen-bond donors (Lipinski definition) is 0. The Balaban J connectivity index is 1.75. The first-order valence-electron chi connectivity index (χ1n) is 8.66. The first-order valence-corrected chi connectivity index (χ1v) is 9.03. The van der Waals surface area contributed by atoms with Gasteiger partial charge >= 0.3 is 0 Å². The minimum atomic E-state index is 0.0195. The third kappa shape index (κ3) is 3.93. The Morgan fingerprint density at radius 1 is 1.28 bits per heavy atom. The van der Waals surface area contributed by atoms with Crippen LogP contribution in [-0.4, -0.2) is 50.3 Å². The van der Waals surface area contributed by atoms with Gasteiger partial charge in [0.05, 0.1) is 38.0 Å². The molecular formula is C19H24ClNO4. The van der Waals surface area contributed by atoms with Gasteiger partial charge in [0.1, 0.15) is 0 Å². The van der Waals surface area contributed by atoms with Gasteiger partial charge in [-0.3, -0.25) is 4.79 Å². The first-order chi connectivity index (χ1) is 12.1. The lowest BCUT2D eigenvalue weighted by Gasteiger charge is -2.43. The summed E-state index contributed by atoms with van der Waals surface area (Å²) in [6.45, 7) is 1.26. The lowest BCUT2D eigenvalue weighted by molar-refractivity contribution is -0.144. The van der Waals surface area contributed by atoms with Crippen molar-refractivity contribution < 1.29 is 19.0 Å². The van der Waals surface area contributed by atoms with Crippen LogP contribution >= 0.6 is 11.6 Å². The SMILES string of the molecule is COc1cc(C=CC(=O)N2CCOC3CCCCC32)cc(Cl)c1OC. The maximum Gasteiger partial charge on any atom is 0.246 e. The number of carbonyl (C=O) groups excluding carboxylic acids is 1. The summed E-state index contributed by atoms with van der Waals surface area (Å²) in [5.41, 5.74) is 0.796. The molecule has 1 aromatic rings. The van der Waals surface area contributed by atoms with Gasteiger partial charge in [-0.2, -0.15) is 0 Å². The summed E-state index contributed by atoms with van der Waals surface area (Å²) in [5.74, 6) is 1.05. The highest BCUT2D eigenvalue weighted by atomic mass is 35.5. The Morgan fingerprint density at radius 3 is 2.84 bits per heavy atom. The Kier molecular flexibility index (Phi) is 5.86. The van der Waals surface area contributed by atoms with Gasteiger partial charge in [0.25, 0.3) is 0 Å². The summed E-state index contributed by atoms with van der Waals surface area (Å²) >= 11 is 6.22. The Bertz CT molecular complexity index is 659. The molecule has 136 valence electrons. The fourth-order valence-electron chi connectivity index (χ4n) is 3.67. The molecule has 1 aliphatic heterocycles. The van der Waals surface area contributed by atoms with Gasteiger partial charge in [0.2, 0.25) is 5.91 Å². The molecule has 2 aliphatic rings. The largest absolute Gasteiger partial charge is 0.493 e. The fraction of sp³-hybridized carbons (Fsp3) is 0.526. The van der Waals surface area contributed by atoms with Crippen molar-refractivity contribution in [2.24, 2.45) is 0 Å². The summed E-state index contributed by atoms with van der Waals surface area (Å²) in [4.78, 5) is 14.6. The van der Waals surface area contributed by atoms with E-state index in [-0.39, 0.29) is 18.1 Å². The van der Waals surface area contributed by atoms with E-state index < -0.39 is 0 Å². The molecular weight excluding hydrogens is 342 g/mol. The molecule has 1 aliphatic carbocycles. The number of halogens is 1. The molecule has 0 N–H and O–H groups in total. The summed E-state index contributed by atoms with van der Waals surface area (Å²) in [6, 6.07) is 3.76. The van der Waals surface area contributed by atoms with Gasteiger partial charge in [-0.15, -0.1) is 0 Å². The number of nitrogens with zero attached hydrogens (tertiary/aromatic N) is 1. The van der Waals surface area contributed by atoms with E-state index in [1.807, 2.05) is 4.90 Å². The van der Waals surface area contributed by atoms with E-state index in [4.69, 9.17) is 25.8 Å². The van der Waals surface area contributed by atoms with Crippen molar-refractivity contribution in [1.82, 2.24) is 4.90 Å². The molecule has 0 aromatic heterocycles. The molecule has 1 aromatic carbocycles. The monoisotopic (exact) mass is 365 g/mol. The maximum atomic E-state index is 12.7. The molecule has 0 radical (unpaired) electrons.